The highest BCUT2D eigenvalue weighted by Crippen LogP contribution is 2.15. The highest BCUT2D eigenvalue weighted by molar-refractivity contribution is 5.32. The van der Waals surface area contributed by atoms with Crippen molar-refractivity contribution in [1.29, 1.82) is 0 Å². The van der Waals surface area contributed by atoms with Crippen LogP contribution in [0.5, 0.6) is 0 Å². The molecule has 0 radical (unpaired) electrons. The van der Waals surface area contributed by atoms with Crippen LogP contribution in [0.4, 0.5) is 0 Å². The van der Waals surface area contributed by atoms with Crippen LogP contribution in [0.15, 0.2) is 30.5 Å². The van der Waals surface area contributed by atoms with E-state index < -0.39 is 0 Å². The number of allylic oxidation sites excluding steroid dienone is 1. The summed E-state index contributed by atoms with van der Waals surface area (Å²) in [7, 11) is 0. The van der Waals surface area contributed by atoms with Gasteiger partial charge in [-0.25, -0.2) is 0 Å². The molecule has 0 aliphatic rings. The molecular formula is C15H23N. The summed E-state index contributed by atoms with van der Waals surface area (Å²) in [5, 5.41) is 3.27. The molecule has 0 saturated heterocycles. The maximum Gasteiger partial charge on any atom is 0.0397 e. The Labute approximate surface area is 99.6 Å². The van der Waals surface area contributed by atoms with Gasteiger partial charge in [0.15, 0.2) is 0 Å². The van der Waals surface area contributed by atoms with Crippen molar-refractivity contribution in [3.8, 4) is 0 Å². The van der Waals surface area contributed by atoms with Crippen molar-refractivity contribution in [2.45, 2.75) is 46.6 Å². The summed E-state index contributed by atoms with van der Waals surface area (Å²) in [4.78, 5) is 0. The number of aryl methyl sites for hydroxylation is 2. The Balaban J connectivity index is 2.77. The highest BCUT2D eigenvalue weighted by Gasteiger charge is 2.01. The predicted octanol–water partition coefficient (Wildman–Crippen LogP) is 3.82. The van der Waals surface area contributed by atoms with Gasteiger partial charge >= 0.3 is 0 Å². The van der Waals surface area contributed by atoms with E-state index in [9.17, 15) is 0 Å². The zero-order valence-electron chi connectivity index (χ0n) is 10.8. The minimum absolute atomic E-state index is 0.884. The Bertz CT molecular complexity index is 352. The molecule has 0 saturated carbocycles. The van der Waals surface area contributed by atoms with Crippen LogP contribution in [-0.2, 0) is 19.4 Å². The molecule has 88 valence electrons. The molecular weight excluding hydrogens is 194 g/mol. The fourth-order valence-electron chi connectivity index (χ4n) is 1.88. The van der Waals surface area contributed by atoms with Gasteiger partial charge in [0.2, 0.25) is 0 Å². The molecule has 16 heavy (non-hydrogen) atoms. The van der Waals surface area contributed by atoms with Gasteiger partial charge in [-0.2, -0.15) is 0 Å². The van der Waals surface area contributed by atoms with Crippen molar-refractivity contribution in [3.05, 3.63) is 47.2 Å². The van der Waals surface area contributed by atoms with E-state index in [1.165, 1.54) is 29.5 Å². The van der Waals surface area contributed by atoms with Crippen molar-refractivity contribution >= 4 is 0 Å². The molecule has 0 amide bonds. The molecule has 0 fully saturated rings. The predicted molar refractivity (Wildman–Crippen MR) is 71.5 cm³/mol. The van der Waals surface area contributed by atoms with E-state index in [4.69, 9.17) is 0 Å². The van der Waals surface area contributed by atoms with Crippen LogP contribution in [0, 0.1) is 0 Å². The molecule has 1 aromatic rings. The monoisotopic (exact) mass is 217 g/mol. The van der Waals surface area contributed by atoms with Crippen molar-refractivity contribution in [2.24, 2.45) is 0 Å². The minimum Gasteiger partial charge on any atom is -0.385 e. The molecule has 1 aromatic carbocycles. The number of rotatable bonds is 6. The summed E-state index contributed by atoms with van der Waals surface area (Å²) in [6.07, 6.45) is 3.53. The zero-order valence-corrected chi connectivity index (χ0v) is 10.8. The van der Waals surface area contributed by atoms with Crippen LogP contribution < -0.4 is 5.32 Å². The molecule has 0 atom stereocenters. The molecule has 1 rings (SSSR count). The highest BCUT2D eigenvalue weighted by atomic mass is 14.9. The first-order chi connectivity index (χ1) is 7.67. The zero-order chi connectivity index (χ0) is 12.0. The van der Waals surface area contributed by atoms with Crippen LogP contribution in [0.25, 0.3) is 0 Å². The maximum absolute atomic E-state index is 3.85. The quantitative estimate of drug-likeness (QED) is 0.763. The SMILES string of the molecule is C=C(C)NCc1ccc(CCC)c(CC)c1. The molecule has 0 aliphatic carbocycles. The Morgan fingerprint density at radius 3 is 2.56 bits per heavy atom. The third-order valence-corrected chi connectivity index (χ3v) is 2.77. The Morgan fingerprint density at radius 2 is 2.00 bits per heavy atom. The number of hydrogen-bond acceptors (Lipinski definition) is 1. The fraction of sp³-hybridized carbons (Fsp3) is 0.467. The molecule has 0 spiro atoms. The summed E-state index contributed by atoms with van der Waals surface area (Å²) in [6, 6.07) is 6.82. The molecule has 0 aromatic heterocycles. The Kier molecular flexibility index (Phi) is 5.10. The third-order valence-electron chi connectivity index (χ3n) is 2.77. The lowest BCUT2D eigenvalue weighted by Gasteiger charge is -2.11. The molecule has 0 aliphatic heterocycles. The number of hydrogen-bond donors (Lipinski definition) is 1. The van der Waals surface area contributed by atoms with Gasteiger partial charge in [0, 0.05) is 12.2 Å². The van der Waals surface area contributed by atoms with Crippen molar-refractivity contribution < 1.29 is 0 Å². The van der Waals surface area contributed by atoms with Crippen LogP contribution in [0.3, 0.4) is 0 Å². The lowest BCUT2D eigenvalue weighted by atomic mass is 9.98. The summed E-state index contributed by atoms with van der Waals surface area (Å²) < 4.78 is 0. The largest absolute Gasteiger partial charge is 0.385 e. The van der Waals surface area contributed by atoms with E-state index in [2.05, 4.69) is 43.9 Å². The van der Waals surface area contributed by atoms with Gasteiger partial charge < -0.3 is 5.32 Å². The fourth-order valence-corrected chi connectivity index (χ4v) is 1.88. The van der Waals surface area contributed by atoms with Crippen LogP contribution in [0.1, 0.15) is 43.9 Å². The average molecular weight is 217 g/mol. The molecule has 0 heterocycles. The van der Waals surface area contributed by atoms with Gasteiger partial charge in [-0.1, -0.05) is 45.0 Å². The van der Waals surface area contributed by atoms with Crippen molar-refractivity contribution in [2.75, 3.05) is 0 Å². The molecule has 1 nitrogen and oxygen atoms in total. The molecule has 0 unspecified atom stereocenters. The first-order valence-corrected chi connectivity index (χ1v) is 6.17. The topological polar surface area (TPSA) is 12.0 Å². The van der Waals surface area contributed by atoms with E-state index in [0.717, 1.165) is 18.7 Å². The molecule has 0 bridgehead atoms. The van der Waals surface area contributed by atoms with Gasteiger partial charge in [0.1, 0.15) is 0 Å². The first kappa shape index (κ1) is 12.8. The maximum atomic E-state index is 3.85. The van der Waals surface area contributed by atoms with Crippen LogP contribution >= 0.6 is 0 Å². The van der Waals surface area contributed by atoms with E-state index in [0.29, 0.717) is 0 Å². The van der Waals surface area contributed by atoms with Gasteiger partial charge in [-0.3, -0.25) is 0 Å². The van der Waals surface area contributed by atoms with E-state index in [1.807, 2.05) is 6.92 Å². The second-order valence-corrected chi connectivity index (χ2v) is 4.34. The summed E-state index contributed by atoms with van der Waals surface area (Å²) in [5.74, 6) is 0. The van der Waals surface area contributed by atoms with Gasteiger partial charge in [0.05, 0.1) is 0 Å². The summed E-state index contributed by atoms with van der Waals surface area (Å²) >= 11 is 0. The van der Waals surface area contributed by atoms with Crippen molar-refractivity contribution in [3.63, 3.8) is 0 Å². The summed E-state index contributed by atoms with van der Waals surface area (Å²) in [5.41, 5.74) is 5.36. The summed E-state index contributed by atoms with van der Waals surface area (Å²) in [6.45, 7) is 11.2. The minimum atomic E-state index is 0.884. The van der Waals surface area contributed by atoms with Crippen LogP contribution in [-0.4, -0.2) is 0 Å². The lowest BCUT2D eigenvalue weighted by Crippen LogP contribution is -2.09. The first-order valence-electron chi connectivity index (χ1n) is 6.17. The smallest absolute Gasteiger partial charge is 0.0397 e. The van der Waals surface area contributed by atoms with Gasteiger partial charge in [-0.05, 0) is 36.5 Å². The lowest BCUT2D eigenvalue weighted by molar-refractivity contribution is 0.810. The Morgan fingerprint density at radius 1 is 1.25 bits per heavy atom. The second-order valence-electron chi connectivity index (χ2n) is 4.34. The van der Waals surface area contributed by atoms with E-state index in [1.54, 1.807) is 0 Å². The third kappa shape index (κ3) is 3.73. The number of benzene rings is 1. The average Bonchev–Trinajstić information content (AvgIpc) is 2.28. The second kappa shape index (κ2) is 6.37. The number of nitrogens with one attached hydrogen (secondary N) is 1. The Hall–Kier alpha value is -1.24. The van der Waals surface area contributed by atoms with E-state index in [-0.39, 0.29) is 0 Å². The molecule has 1 heteroatoms. The van der Waals surface area contributed by atoms with Gasteiger partial charge in [0.25, 0.3) is 0 Å². The molecule has 1 N–H and O–H groups in total. The van der Waals surface area contributed by atoms with Gasteiger partial charge in [-0.15, -0.1) is 0 Å². The standard InChI is InChI=1S/C15H23N/c1-5-7-15-9-8-13(10-14(15)6-2)11-16-12(3)4/h8-10,16H,3,5-7,11H2,1-2,4H3. The van der Waals surface area contributed by atoms with Crippen molar-refractivity contribution in [1.82, 2.24) is 5.32 Å². The normalized spacial score (nSPS) is 10.2. The van der Waals surface area contributed by atoms with Crippen LogP contribution in [0.2, 0.25) is 0 Å². The van der Waals surface area contributed by atoms with E-state index >= 15 is 0 Å².